The van der Waals surface area contributed by atoms with Gasteiger partial charge in [-0.25, -0.2) is 0 Å². The molecule has 2 aromatic heterocycles. The maximum Gasteiger partial charge on any atom is 0.270 e. The second kappa shape index (κ2) is 9.92. The number of carbonyl (C=O) groups excluding carboxylic acids is 2. The molecule has 192 valence electrons. The molecule has 13 heteroatoms. The van der Waals surface area contributed by atoms with E-state index in [1.807, 2.05) is 24.3 Å². The van der Waals surface area contributed by atoms with Crippen molar-refractivity contribution in [1.29, 1.82) is 0 Å². The van der Waals surface area contributed by atoms with Crippen molar-refractivity contribution in [3.8, 4) is 11.5 Å². The molecular formula is C25H20Cl2N8O3. The summed E-state index contributed by atoms with van der Waals surface area (Å²) in [6, 6.07) is 12.8. The molecule has 2 aliphatic rings. The molecule has 2 N–H and O–H groups in total. The molecule has 1 aliphatic carbocycles. The molecule has 2 amide bonds. The van der Waals surface area contributed by atoms with Crippen molar-refractivity contribution < 1.29 is 14.3 Å². The van der Waals surface area contributed by atoms with E-state index >= 15 is 0 Å². The SMILES string of the molecule is O=C(Nc1nn[nH]n1)c1cc(Cl)c(Oc2ccncc2C(=O)N2CCN(C3CC3)c3ccccc32)cc1Cl. The Morgan fingerprint density at radius 3 is 2.58 bits per heavy atom. The van der Waals surface area contributed by atoms with Crippen molar-refractivity contribution in [2.75, 3.05) is 28.2 Å². The van der Waals surface area contributed by atoms with Crippen LogP contribution in [-0.4, -0.2) is 56.6 Å². The highest BCUT2D eigenvalue weighted by Crippen LogP contribution is 2.41. The van der Waals surface area contributed by atoms with Gasteiger partial charge in [0.25, 0.3) is 17.8 Å². The van der Waals surface area contributed by atoms with Gasteiger partial charge >= 0.3 is 0 Å². The summed E-state index contributed by atoms with van der Waals surface area (Å²) in [5.74, 6) is -0.397. The van der Waals surface area contributed by atoms with Crippen LogP contribution in [-0.2, 0) is 0 Å². The van der Waals surface area contributed by atoms with E-state index in [4.69, 9.17) is 27.9 Å². The van der Waals surface area contributed by atoms with Crippen LogP contribution in [0.1, 0.15) is 33.6 Å². The molecule has 2 aromatic carbocycles. The van der Waals surface area contributed by atoms with Crippen LogP contribution in [0.25, 0.3) is 0 Å². The first-order chi connectivity index (χ1) is 18.5. The molecule has 1 fully saturated rings. The maximum atomic E-state index is 13.8. The number of anilines is 3. The Morgan fingerprint density at radius 2 is 1.82 bits per heavy atom. The van der Waals surface area contributed by atoms with Crippen molar-refractivity contribution in [1.82, 2.24) is 25.6 Å². The Balaban J connectivity index is 1.27. The highest BCUT2D eigenvalue weighted by Gasteiger charge is 2.36. The van der Waals surface area contributed by atoms with Crippen LogP contribution in [0.3, 0.4) is 0 Å². The average Bonchev–Trinajstić information content (AvgIpc) is 3.65. The van der Waals surface area contributed by atoms with Gasteiger partial charge in [0.15, 0.2) is 0 Å². The minimum atomic E-state index is -0.575. The Bertz CT molecular complexity index is 1530. The molecular weight excluding hydrogens is 531 g/mol. The summed E-state index contributed by atoms with van der Waals surface area (Å²) < 4.78 is 6.05. The number of halogens is 2. The maximum absolute atomic E-state index is 13.8. The highest BCUT2D eigenvalue weighted by molar-refractivity contribution is 6.37. The summed E-state index contributed by atoms with van der Waals surface area (Å²) in [7, 11) is 0. The van der Waals surface area contributed by atoms with Crippen LogP contribution in [0.5, 0.6) is 11.5 Å². The molecule has 1 saturated carbocycles. The number of H-pyrrole nitrogens is 1. The number of aromatic amines is 1. The Labute approximate surface area is 226 Å². The number of nitrogens with zero attached hydrogens (tertiary/aromatic N) is 6. The zero-order valence-electron chi connectivity index (χ0n) is 19.8. The molecule has 11 nitrogen and oxygen atoms in total. The quantitative estimate of drug-likeness (QED) is 0.357. The monoisotopic (exact) mass is 550 g/mol. The topological polar surface area (TPSA) is 129 Å². The molecule has 0 radical (unpaired) electrons. The molecule has 0 bridgehead atoms. The third-order valence-corrected chi connectivity index (χ3v) is 6.96. The summed E-state index contributed by atoms with van der Waals surface area (Å²) in [6.45, 7) is 1.29. The minimum absolute atomic E-state index is 0.0120. The molecule has 0 atom stereocenters. The third-order valence-electron chi connectivity index (χ3n) is 6.35. The number of rotatable bonds is 6. The van der Waals surface area contributed by atoms with Gasteiger partial charge in [-0.05, 0) is 42.3 Å². The first-order valence-electron chi connectivity index (χ1n) is 11.8. The molecule has 6 rings (SSSR count). The number of nitrogens with one attached hydrogen (secondary N) is 2. The molecule has 4 aromatic rings. The normalized spacial score (nSPS) is 14.7. The fraction of sp³-hybridized carbons (Fsp3) is 0.200. The van der Waals surface area contributed by atoms with Crippen molar-refractivity contribution >= 4 is 52.3 Å². The van der Waals surface area contributed by atoms with Crippen LogP contribution in [0, 0.1) is 0 Å². The van der Waals surface area contributed by atoms with Gasteiger partial charge in [-0.3, -0.25) is 19.9 Å². The number of hydrogen-bond acceptors (Lipinski definition) is 8. The molecule has 3 heterocycles. The van der Waals surface area contributed by atoms with Gasteiger partial charge in [-0.15, -0.1) is 5.10 Å². The number of tetrazole rings is 1. The molecule has 0 spiro atoms. The lowest BCUT2D eigenvalue weighted by molar-refractivity contribution is 0.0982. The number of aromatic nitrogens is 5. The van der Waals surface area contributed by atoms with Crippen molar-refractivity contribution in [2.24, 2.45) is 0 Å². The van der Waals surface area contributed by atoms with Crippen LogP contribution in [0.4, 0.5) is 17.3 Å². The van der Waals surface area contributed by atoms with E-state index in [-0.39, 0.29) is 44.5 Å². The second-order valence-corrected chi connectivity index (χ2v) is 9.61. The minimum Gasteiger partial charge on any atom is -0.455 e. The van der Waals surface area contributed by atoms with Crippen molar-refractivity contribution in [3.63, 3.8) is 0 Å². The van der Waals surface area contributed by atoms with E-state index in [1.54, 1.807) is 11.0 Å². The number of para-hydroxylation sites is 2. The number of hydrogen-bond donors (Lipinski definition) is 2. The van der Waals surface area contributed by atoms with Gasteiger partial charge in [-0.1, -0.05) is 40.4 Å². The summed E-state index contributed by atoms with van der Waals surface area (Å²) >= 11 is 12.8. The zero-order valence-corrected chi connectivity index (χ0v) is 21.3. The fourth-order valence-electron chi connectivity index (χ4n) is 4.42. The van der Waals surface area contributed by atoms with Crippen LogP contribution >= 0.6 is 23.2 Å². The number of ether oxygens (including phenoxy) is 1. The largest absolute Gasteiger partial charge is 0.455 e. The number of benzene rings is 2. The standard InChI is InChI=1S/C25H20Cl2N8O3/c26-17-12-22(18(27)11-15(17)23(36)29-25-30-32-33-31-25)38-21-7-8-28-13-16(21)24(37)35-10-9-34(14-5-6-14)19-3-1-2-4-20(19)35/h1-4,7-8,11-14H,5-6,9-10H2,(H2,29,30,31,32,33,36). The van der Waals surface area contributed by atoms with E-state index in [9.17, 15) is 9.59 Å². The zero-order chi connectivity index (χ0) is 26.2. The van der Waals surface area contributed by atoms with Gasteiger partial charge < -0.3 is 14.5 Å². The second-order valence-electron chi connectivity index (χ2n) is 8.80. The van der Waals surface area contributed by atoms with E-state index in [2.05, 4.69) is 35.8 Å². The summed E-state index contributed by atoms with van der Waals surface area (Å²) in [6.07, 6.45) is 5.33. The molecule has 1 aliphatic heterocycles. The Hall–Kier alpha value is -4.22. The Morgan fingerprint density at radius 1 is 1.00 bits per heavy atom. The predicted molar refractivity (Wildman–Crippen MR) is 141 cm³/mol. The van der Waals surface area contributed by atoms with Gasteiger partial charge in [0, 0.05) is 37.6 Å². The lowest BCUT2D eigenvalue weighted by Crippen LogP contribution is -2.45. The van der Waals surface area contributed by atoms with Gasteiger partial charge in [0.1, 0.15) is 17.1 Å². The highest BCUT2D eigenvalue weighted by atomic mass is 35.5. The molecule has 38 heavy (non-hydrogen) atoms. The van der Waals surface area contributed by atoms with Crippen molar-refractivity contribution in [3.05, 3.63) is 76.0 Å². The average molecular weight is 551 g/mol. The predicted octanol–water partition coefficient (Wildman–Crippen LogP) is 4.58. The van der Waals surface area contributed by atoms with Crippen LogP contribution in [0.15, 0.2) is 54.9 Å². The number of amides is 2. The smallest absolute Gasteiger partial charge is 0.270 e. The van der Waals surface area contributed by atoms with E-state index in [0.29, 0.717) is 12.6 Å². The molecule has 0 unspecified atom stereocenters. The number of fused-ring (bicyclic) bond motifs is 1. The third kappa shape index (κ3) is 4.61. The number of pyridine rings is 1. The molecule has 0 saturated heterocycles. The first kappa shape index (κ1) is 24.1. The van der Waals surface area contributed by atoms with E-state index in [1.165, 1.54) is 37.4 Å². The van der Waals surface area contributed by atoms with Crippen LogP contribution < -0.4 is 19.9 Å². The lowest BCUT2D eigenvalue weighted by Gasteiger charge is -2.38. The summed E-state index contributed by atoms with van der Waals surface area (Å²) in [4.78, 5) is 34.6. The van der Waals surface area contributed by atoms with Gasteiger partial charge in [-0.2, -0.15) is 5.21 Å². The Kier molecular flexibility index (Phi) is 6.30. The van der Waals surface area contributed by atoms with Crippen molar-refractivity contribution in [2.45, 2.75) is 18.9 Å². The van der Waals surface area contributed by atoms with Crippen LogP contribution in [0.2, 0.25) is 10.0 Å². The fourth-order valence-corrected chi connectivity index (χ4v) is 4.86. The summed E-state index contributed by atoms with van der Waals surface area (Å²) in [5.41, 5.74) is 2.26. The van der Waals surface area contributed by atoms with Gasteiger partial charge in [0.05, 0.1) is 27.0 Å². The number of carbonyl (C=O) groups is 2. The van der Waals surface area contributed by atoms with E-state index in [0.717, 1.165) is 17.9 Å². The first-order valence-corrected chi connectivity index (χ1v) is 12.6. The summed E-state index contributed by atoms with van der Waals surface area (Å²) in [5, 5.41) is 15.6. The lowest BCUT2D eigenvalue weighted by atomic mass is 10.1. The van der Waals surface area contributed by atoms with Gasteiger partial charge in [0.2, 0.25) is 0 Å². The van der Waals surface area contributed by atoms with E-state index < -0.39 is 5.91 Å².